The zero-order chi connectivity index (χ0) is 39.5. The first-order chi connectivity index (χ1) is 26.4. The Balaban J connectivity index is 2.90. The number of carbonyl (C=O) groups excluding carboxylic acids is 3. The van der Waals surface area contributed by atoms with Crippen molar-refractivity contribution in [2.75, 3.05) is 33.4 Å². The van der Waals surface area contributed by atoms with Gasteiger partial charge in [-0.05, 0) is 44.7 Å². The van der Waals surface area contributed by atoms with Crippen LogP contribution in [0.1, 0.15) is 194 Å². The molecule has 1 N–H and O–H groups in total. The summed E-state index contributed by atoms with van der Waals surface area (Å²) in [6.45, 7) is 9.78. The van der Waals surface area contributed by atoms with Crippen molar-refractivity contribution in [1.82, 2.24) is 10.2 Å². The number of likely N-dealkylation sites (N-methyl/N-ethyl adjacent to an activating group) is 1. The number of hydrogen-bond donors (Lipinski definition) is 1. The molecule has 1 aromatic rings. The van der Waals surface area contributed by atoms with Gasteiger partial charge in [-0.2, -0.15) is 0 Å². The number of hydrogen-bond acceptors (Lipinski definition) is 6. The van der Waals surface area contributed by atoms with E-state index >= 15 is 0 Å². The van der Waals surface area contributed by atoms with Crippen molar-refractivity contribution in [2.24, 2.45) is 11.8 Å². The zero-order valence-corrected chi connectivity index (χ0v) is 35.8. The molecule has 54 heavy (non-hydrogen) atoms. The van der Waals surface area contributed by atoms with Crippen molar-refractivity contribution < 1.29 is 23.9 Å². The Hall–Kier alpha value is -2.41. The molecule has 1 amide bonds. The smallest absolute Gasteiger partial charge is 0.308 e. The summed E-state index contributed by atoms with van der Waals surface area (Å²) in [5, 5.41) is 3.32. The molecule has 312 valence electrons. The van der Waals surface area contributed by atoms with Gasteiger partial charge in [0.05, 0.1) is 24.9 Å². The van der Waals surface area contributed by atoms with E-state index in [1.165, 1.54) is 82.6 Å². The van der Waals surface area contributed by atoms with Crippen LogP contribution in [0, 0.1) is 11.8 Å². The number of carbonyl (C=O) groups is 3. The molecule has 0 aliphatic carbocycles. The van der Waals surface area contributed by atoms with Crippen LogP contribution >= 0.6 is 0 Å². The Bertz CT molecular complexity index is 984. The first-order valence-electron chi connectivity index (χ1n) is 22.7. The minimum Gasteiger partial charge on any atom is -0.464 e. The molecule has 0 aromatic heterocycles. The maximum atomic E-state index is 13.8. The molecule has 1 aromatic carbocycles. The van der Waals surface area contributed by atoms with Crippen LogP contribution < -0.4 is 5.32 Å². The molecule has 0 fully saturated rings. The van der Waals surface area contributed by atoms with Gasteiger partial charge in [0.15, 0.2) is 0 Å². The van der Waals surface area contributed by atoms with Crippen molar-refractivity contribution in [3.05, 3.63) is 35.9 Å². The molecule has 0 saturated heterocycles. The van der Waals surface area contributed by atoms with Gasteiger partial charge in [-0.15, -0.1) is 0 Å². The van der Waals surface area contributed by atoms with E-state index in [1.807, 2.05) is 25.2 Å². The molecular formula is C47H84N2O5. The molecule has 0 aliphatic rings. The minimum atomic E-state index is -0.128. The molecule has 0 saturated carbocycles. The summed E-state index contributed by atoms with van der Waals surface area (Å²) in [6, 6.07) is 10.2. The predicted molar refractivity (Wildman–Crippen MR) is 227 cm³/mol. The highest BCUT2D eigenvalue weighted by Gasteiger charge is 2.24. The summed E-state index contributed by atoms with van der Waals surface area (Å²) >= 11 is 0. The second-order valence-electron chi connectivity index (χ2n) is 15.8. The van der Waals surface area contributed by atoms with Gasteiger partial charge in [0.25, 0.3) is 0 Å². The van der Waals surface area contributed by atoms with E-state index in [1.54, 1.807) is 4.90 Å². The van der Waals surface area contributed by atoms with Crippen LogP contribution in [-0.4, -0.2) is 62.1 Å². The van der Waals surface area contributed by atoms with Crippen molar-refractivity contribution in [1.29, 1.82) is 0 Å². The summed E-state index contributed by atoms with van der Waals surface area (Å²) in [5.74, 6) is -0.450. The Morgan fingerprint density at radius 2 is 0.926 bits per heavy atom. The van der Waals surface area contributed by atoms with E-state index < -0.39 is 0 Å². The molecule has 0 radical (unpaired) electrons. The van der Waals surface area contributed by atoms with Crippen LogP contribution in [0.3, 0.4) is 0 Å². The van der Waals surface area contributed by atoms with Gasteiger partial charge in [0.1, 0.15) is 13.2 Å². The second-order valence-corrected chi connectivity index (χ2v) is 15.8. The van der Waals surface area contributed by atoms with E-state index in [-0.39, 0.29) is 48.9 Å². The molecule has 3 atom stereocenters. The van der Waals surface area contributed by atoms with E-state index in [9.17, 15) is 14.4 Å². The normalized spacial score (nSPS) is 13.0. The molecular weight excluding hydrogens is 673 g/mol. The summed E-state index contributed by atoms with van der Waals surface area (Å²) < 4.78 is 11.8. The Labute approximate surface area is 332 Å². The average Bonchev–Trinajstić information content (AvgIpc) is 3.18. The third-order valence-electron chi connectivity index (χ3n) is 11.0. The van der Waals surface area contributed by atoms with Gasteiger partial charge in [0.2, 0.25) is 5.91 Å². The van der Waals surface area contributed by atoms with Crippen LogP contribution in [-0.2, 0) is 30.3 Å². The van der Waals surface area contributed by atoms with Gasteiger partial charge >= 0.3 is 11.9 Å². The van der Waals surface area contributed by atoms with Crippen LogP contribution in [0.25, 0.3) is 0 Å². The lowest BCUT2D eigenvalue weighted by atomic mass is 9.94. The van der Waals surface area contributed by atoms with Crippen molar-refractivity contribution >= 4 is 17.8 Å². The molecule has 3 unspecified atom stereocenters. The highest BCUT2D eigenvalue weighted by Crippen LogP contribution is 2.22. The van der Waals surface area contributed by atoms with Crippen molar-refractivity contribution in [3.63, 3.8) is 0 Å². The molecule has 0 bridgehead atoms. The quantitative estimate of drug-likeness (QED) is 0.0537. The van der Waals surface area contributed by atoms with Crippen molar-refractivity contribution in [2.45, 2.75) is 201 Å². The van der Waals surface area contributed by atoms with Crippen LogP contribution in [0.5, 0.6) is 0 Å². The summed E-state index contributed by atoms with van der Waals surface area (Å²) in [5.41, 5.74) is 1.17. The molecule has 0 aliphatic heterocycles. The number of esters is 2. The Morgan fingerprint density at radius 1 is 0.556 bits per heavy atom. The number of ether oxygens (including phenoxy) is 2. The maximum absolute atomic E-state index is 13.8. The number of benzene rings is 1. The first-order valence-corrected chi connectivity index (χ1v) is 22.7. The largest absolute Gasteiger partial charge is 0.464 e. The van der Waals surface area contributed by atoms with Gasteiger partial charge in [-0.1, -0.05) is 186 Å². The molecule has 1 rings (SSSR count). The number of unbranched alkanes of at least 4 members (excludes halogenated alkanes) is 16. The Morgan fingerprint density at radius 3 is 1.31 bits per heavy atom. The fourth-order valence-corrected chi connectivity index (χ4v) is 7.36. The predicted octanol–water partition coefficient (Wildman–Crippen LogP) is 11.8. The lowest BCUT2D eigenvalue weighted by Gasteiger charge is -2.26. The van der Waals surface area contributed by atoms with Gasteiger partial charge in [-0.3, -0.25) is 14.4 Å². The van der Waals surface area contributed by atoms with Crippen LogP contribution in [0.15, 0.2) is 30.3 Å². The number of amides is 1. The van der Waals surface area contributed by atoms with Crippen LogP contribution in [0.2, 0.25) is 0 Å². The van der Waals surface area contributed by atoms with Crippen LogP contribution in [0.4, 0.5) is 0 Å². The molecule has 7 nitrogen and oxygen atoms in total. The third kappa shape index (κ3) is 25.6. The fourth-order valence-electron chi connectivity index (χ4n) is 7.36. The molecule has 7 heteroatoms. The molecule has 0 spiro atoms. The number of rotatable bonds is 37. The summed E-state index contributed by atoms with van der Waals surface area (Å²) in [6.07, 6.45) is 28.1. The van der Waals surface area contributed by atoms with E-state index in [2.05, 4.69) is 45.1 Å². The molecule has 0 heterocycles. The van der Waals surface area contributed by atoms with Gasteiger partial charge < -0.3 is 19.7 Å². The summed E-state index contributed by atoms with van der Waals surface area (Å²) in [4.78, 5) is 42.4. The van der Waals surface area contributed by atoms with E-state index in [4.69, 9.17) is 9.47 Å². The number of nitrogens with zero attached hydrogens (tertiary/aromatic N) is 1. The number of nitrogens with one attached hydrogen (secondary N) is 1. The second kappa shape index (κ2) is 35.0. The fraction of sp³-hybridized carbons (Fsp3) is 0.809. The van der Waals surface area contributed by atoms with Gasteiger partial charge in [0, 0.05) is 12.5 Å². The highest BCUT2D eigenvalue weighted by molar-refractivity contribution is 5.77. The highest BCUT2D eigenvalue weighted by atomic mass is 16.5. The standard InChI is InChI=1S/C47H84N2O5/c1-6-10-14-18-20-27-33-42(31-25-16-12-8-3)46(51)53-37-35-49(45(50)40-44(48-5)39-41-29-23-22-24-30-41)36-38-54-47(52)43(32-26-17-13-9-4)34-28-21-19-15-11-7-2/h22-24,29-30,42-44,48H,6-21,25-28,31-40H2,1-5H3. The Kier molecular flexibility index (Phi) is 32.2. The van der Waals surface area contributed by atoms with E-state index in [0.717, 1.165) is 83.5 Å². The van der Waals surface area contributed by atoms with E-state index in [0.29, 0.717) is 19.5 Å². The topological polar surface area (TPSA) is 84.9 Å². The minimum absolute atomic E-state index is 0.0243. The monoisotopic (exact) mass is 757 g/mol. The lowest BCUT2D eigenvalue weighted by molar-refractivity contribution is -0.152. The first kappa shape index (κ1) is 49.6. The SMILES string of the molecule is CCCCCCCCC(CCCCCC)C(=O)OCCN(CCOC(=O)C(CCCCCC)CCCCCCCC)C(=O)CC(Cc1ccccc1)NC. The lowest BCUT2D eigenvalue weighted by Crippen LogP contribution is -2.42. The zero-order valence-electron chi connectivity index (χ0n) is 35.8. The van der Waals surface area contributed by atoms with Crippen molar-refractivity contribution in [3.8, 4) is 0 Å². The van der Waals surface area contributed by atoms with Gasteiger partial charge in [-0.25, -0.2) is 0 Å². The average molecular weight is 757 g/mol. The third-order valence-corrected chi connectivity index (χ3v) is 11.0. The summed E-state index contributed by atoms with van der Waals surface area (Å²) in [7, 11) is 1.89. The maximum Gasteiger partial charge on any atom is 0.308 e.